The Labute approximate surface area is 360 Å². The van der Waals surface area contributed by atoms with E-state index in [1.54, 1.807) is 24.3 Å². The van der Waals surface area contributed by atoms with Crippen LogP contribution in [0.1, 0.15) is 60.3 Å². The van der Waals surface area contributed by atoms with E-state index in [1.165, 1.54) is 16.3 Å². The zero-order valence-electron chi connectivity index (χ0n) is 36.9. The Morgan fingerprint density at radius 1 is 0.690 bits per heavy atom. The Hall–Kier alpha value is -5.46. The number of nitrogens with zero attached hydrogens (tertiary/aromatic N) is 4. The van der Waals surface area contributed by atoms with Crippen LogP contribution in [-0.2, 0) is 20.1 Å². The number of imidazole rings is 1. The van der Waals surface area contributed by atoms with Gasteiger partial charge in [0.05, 0.1) is 36.2 Å². The van der Waals surface area contributed by atoms with Crippen LogP contribution in [0.15, 0.2) is 138 Å². The van der Waals surface area contributed by atoms with Gasteiger partial charge < -0.3 is 14.0 Å². The number of hydrogen-bond acceptors (Lipinski definition) is 4. The number of aromatic nitrogens is 4. The summed E-state index contributed by atoms with van der Waals surface area (Å²) in [5, 5.41) is 3.23. The van der Waals surface area contributed by atoms with Crippen molar-refractivity contribution in [1.29, 1.82) is 0 Å². The standard InChI is InChI=1S/C37H32N3O.C14H16NSi.Ir/c1-22(2)26-10-8-11-27(23(3)4)34(26)40-33-15-7-6-14-32(33)38-36(40)30-13-9-12-28-29-20-21-31(39-37(29)41-35(28)30)25-18-16-24(5)17-19-25;1-16(2,3)13-9-10-14(15-11-13)12-7-5-4-6-8-12;/h6-12,14-23H,1-5H3;4-7,9-11H,1-3H3;/q2*-1;/i5D3;;. The third-order valence-electron chi connectivity index (χ3n) is 10.4. The van der Waals surface area contributed by atoms with E-state index in [-0.39, 0.29) is 20.1 Å². The first-order valence-electron chi connectivity index (χ1n) is 21.1. The van der Waals surface area contributed by atoms with Crippen LogP contribution in [0.4, 0.5) is 0 Å². The molecule has 0 saturated carbocycles. The summed E-state index contributed by atoms with van der Waals surface area (Å²) in [5.41, 5.74) is 11.4. The monoisotopic (exact) mass is 956 g/mol. The molecule has 0 bridgehead atoms. The normalized spacial score (nSPS) is 12.6. The first-order chi connectivity index (χ1) is 28.7. The molecule has 0 atom stereocenters. The van der Waals surface area contributed by atoms with Crippen LogP contribution in [0.3, 0.4) is 0 Å². The van der Waals surface area contributed by atoms with E-state index in [1.807, 2.05) is 66.9 Å². The van der Waals surface area contributed by atoms with Gasteiger partial charge in [-0.25, -0.2) is 4.98 Å². The summed E-state index contributed by atoms with van der Waals surface area (Å²) >= 11 is 0. The number of rotatable bonds is 7. The molecular formula is C51H48IrN4OSi-2. The summed E-state index contributed by atoms with van der Waals surface area (Å²) in [6.45, 7) is 13.8. The Morgan fingerprint density at radius 3 is 2.07 bits per heavy atom. The van der Waals surface area contributed by atoms with Gasteiger partial charge in [-0.1, -0.05) is 131 Å². The Morgan fingerprint density at radius 2 is 1.41 bits per heavy atom. The molecule has 9 rings (SSSR count). The predicted octanol–water partition coefficient (Wildman–Crippen LogP) is 13.1. The van der Waals surface area contributed by atoms with E-state index in [0.29, 0.717) is 34.4 Å². The molecular weight excluding hydrogens is 905 g/mol. The van der Waals surface area contributed by atoms with Crippen LogP contribution in [-0.4, -0.2) is 27.6 Å². The van der Waals surface area contributed by atoms with Gasteiger partial charge in [-0.2, -0.15) is 0 Å². The van der Waals surface area contributed by atoms with Crippen molar-refractivity contribution in [3.05, 3.63) is 162 Å². The second-order valence-corrected chi connectivity index (χ2v) is 21.2. The summed E-state index contributed by atoms with van der Waals surface area (Å²) in [5.74, 6) is 1.38. The summed E-state index contributed by atoms with van der Waals surface area (Å²) in [7, 11) is -1.23. The third-order valence-corrected chi connectivity index (χ3v) is 12.5. The number of pyridine rings is 2. The maximum Gasteiger partial charge on any atom is 0.216 e. The number of furan rings is 1. The van der Waals surface area contributed by atoms with Gasteiger partial charge >= 0.3 is 0 Å². The molecule has 0 saturated heterocycles. The second-order valence-electron chi connectivity index (χ2n) is 16.1. The van der Waals surface area contributed by atoms with Gasteiger partial charge in [0.25, 0.3) is 0 Å². The fraction of sp³-hybridized carbons (Fsp3) is 0.196. The maximum absolute atomic E-state index is 7.67. The van der Waals surface area contributed by atoms with E-state index in [0.717, 1.165) is 55.7 Å². The molecule has 1 radical (unpaired) electrons. The van der Waals surface area contributed by atoms with Gasteiger partial charge in [-0.3, -0.25) is 4.98 Å². The van der Waals surface area contributed by atoms with Crippen molar-refractivity contribution in [3.8, 4) is 39.6 Å². The zero-order chi connectivity index (χ0) is 42.3. The molecule has 0 aliphatic carbocycles. The molecule has 0 aliphatic rings. The molecule has 0 N–H and O–H groups in total. The summed E-state index contributed by atoms with van der Waals surface area (Å²) in [6.07, 6.45) is 2.02. The Bertz CT molecular complexity index is 2920. The zero-order valence-corrected chi connectivity index (χ0v) is 37.3. The van der Waals surface area contributed by atoms with Gasteiger partial charge in [-0.05, 0) is 65.0 Å². The van der Waals surface area contributed by atoms with E-state index >= 15 is 0 Å². The number of aryl methyl sites for hydroxylation is 1. The first-order valence-corrected chi connectivity index (χ1v) is 23.1. The average molecular weight is 956 g/mol. The van der Waals surface area contributed by atoms with Crippen molar-refractivity contribution >= 4 is 46.4 Å². The fourth-order valence-corrected chi connectivity index (χ4v) is 8.36. The first kappa shape index (κ1) is 36.8. The van der Waals surface area contributed by atoms with Crippen LogP contribution in [0.2, 0.25) is 19.6 Å². The molecule has 0 spiro atoms. The molecule has 0 unspecified atom stereocenters. The Balaban J connectivity index is 0.000000278. The molecule has 4 aromatic heterocycles. The second kappa shape index (κ2) is 16.8. The third kappa shape index (κ3) is 8.00. The molecule has 293 valence electrons. The molecule has 5 nitrogen and oxygen atoms in total. The average Bonchev–Trinajstić information content (AvgIpc) is 3.82. The molecule has 4 heterocycles. The van der Waals surface area contributed by atoms with E-state index in [9.17, 15) is 0 Å². The van der Waals surface area contributed by atoms with Crippen molar-refractivity contribution in [3.63, 3.8) is 0 Å². The van der Waals surface area contributed by atoms with Crippen molar-refractivity contribution < 1.29 is 28.6 Å². The summed E-state index contributed by atoms with van der Waals surface area (Å²) in [6, 6.07) is 48.5. The number of hydrogen-bond donors (Lipinski definition) is 0. The van der Waals surface area contributed by atoms with Crippen LogP contribution < -0.4 is 5.19 Å². The quantitative estimate of drug-likeness (QED) is 0.118. The molecule has 0 fully saturated rings. The molecule has 0 amide bonds. The predicted molar refractivity (Wildman–Crippen MR) is 240 cm³/mol. The number of benzene rings is 5. The van der Waals surface area contributed by atoms with Gasteiger partial charge in [0.1, 0.15) is 0 Å². The smallest absolute Gasteiger partial charge is 0.216 e. The minimum atomic E-state index is -2.15. The molecule has 58 heavy (non-hydrogen) atoms. The molecule has 5 aromatic carbocycles. The van der Waals surface area contributed by atoms with Gasteiger partial charge in [-0.15, -0.1) is 54.1 Å². The molecule has 7 heteroatoms. The van der Waals surface area contributed by atoms with Crippen molar-refractivity contribution in [2.24, 2.45) is 0 Å². The largest absolute Gasteiger partial charge is 0.486 e. The SMILES string of the molecule is C[Si](C)(C)c1ccc(-c2[c-]cccc2)nc1.[2H]C([2H])([2H])c1ccc(-c2ccc3c(n2)oc2c(-c4nc5ccccc5n4-c4c(C(C)C)cccc4C(C)C)[c-]ccc23)cc1.[Ir]. The van der Waals surface area contributed by atoms with Gasteiger partial charge in [0, 0.05) is 47.1 Å². The van der Waals surface area contributed by atoms with E-state index in [2.05, 4.69) is 111 Å². The molecule has 9 aromatic rings. The van der Waals surface area contributed by atoms with E-state index in [4.69, 9.17) is 18.5 Å². The van der Waals surface area contributed by atoms with Crippen LogP contribution in [0.25, 0.3) is 72.7 Å². The minimum Gasteiger partial charge on any atom is -0.486 e. The summed E-state index contributed by atoms with van der Waals surface area (Å²) in [4.78, 5) is 14.6. The van der Waals surface area contributed by atoms with Crippen molar-refractivity contribution in [1.82, 2.24) is 19.5 Å². The minimum absolute atomic E-state index is 0. The van der Waals surface area contributed by atoms with Crippen LogP contribution in [0, 0.1) is 19.0 Å². The summed E-state index contributed by atoms with van der Waals surface area (Å²) < 4.78 is 31.8. The molecule has 0 aliphatic heterocycles. The van der Waals surface area contributed by atoms with Crippen LogP contribution in [0.5, 0.6) is 0 Å². The topological polar surface area (TPSA) is 56.7 Å². The fourth-order valence-electron chi connectivity index (χ4n) is 7.33. The maximum atomic E-state index is 7.67. The van der Waals surface area contributed by atoms with Crippen molar-refractivity contribution in [2.75, 3.05) is 0 Å². The van der Waals surface area contributed by atoms with E-state index < -0.39 is 14.9 Å². The van der Waals surface area contributed by atoms with Gasteiger partial charge in [0.2, 0.25) is 5.71 Å². The van der Waals surface area contributed by atoms with Crippen molar-refractivity contribution in [2.45, 2.75) is 66.0 Å². The van der Waals surface area contributed by atoms with Gasteiger partial charge in [0.15, 0.2) is 0 Å². The number of para-hydroxylation sites is 3. The number of fused-ring (bicyclic) bond motifs is 4. The Kier molecular flexibility index (Phi) is 10.7. The van der Waals surface area contributed by atoms with Crippen LogP contribution >= 0.6 is 0 Å².